The van der Waals surface area contributed by atoms with E-state index in [2.05, 4.69) is 16.5 Å². The van der Waals surface area contributed by atoms with Crippen LogP contribution in [-0.2, 0) is 23.0 Å². The van der Waals surface area contributed by atoms with E-state index in [0.717, 1.165) is 54.6 Å². The van der Waals surface area contributed by atoms with Gasteiger partial charge in [-0.1, -0.05) is 11.2 Å². The van der Waals surface area contributed by atoms with Gasteiger partial charge >= 0.3 is 0 Å². The standard InChI is InChI=1S/C32H36FN7O4/c1-17(23-10-19(33)14-40(23)2)42-25-11-26(43-24-13-36-32(24)15-41-16-32)38-30(37-25)28-20-4-3-8-31(29(20)44-39-28)9-7-18-5-6-22(35)21(12-34)27(18)31/h5-6,11,17,19,23-24,36H,3-4,7-10,13-16,35H2,1-2H3. The number of nitrogen functional groups attached to an aromatic ring is 1. The van der Waals surface area contributed by atoms with Crippen LogP contribution in [0.4, 0.5) is 10.1 Å². The smallest absolute Gasteiger partial charge is 0.221 e. The summed E-state index contributed by atoms with van der Waals surface area (Å²) in [6.45, 7) is 4.19. The highest BCUT2D eigenvalue weighted by Gasteiger charge is 2.54. The molecule has 2 spiro atoms. The predicted octanol–water partition coefficient (Wildman–Crippen LogP) is 3.08. The van der Waals surface area contributed by atoms with E-state index in [9.17, 15) is 9.65 Å². The number of rotatable bonds is 6. The van der Waals surface area contributed by atoms with Crippen LogP contribution in [0.15, 0.2) is 22.7 Å². The molecule has 5 unspecified atom stereocenters. The Morgan fingerprint density at radius 3 is 2.77 bits per heavy atom. The van der Waals surface area contributed by atoms with E-state index in [-0.39, 0.29) is 23.8 Å². The molecule has 230 valence electrons. The molecular formula is C32H36FN7O4. The first-order valence-electron chi connectivity index (χ1n) is 15.5. The number of aryl methyl sites for hydroxylation is 1. The number of hydrogen-bond donors (Lipinski definition) is 2. The molecule has 5 aliphatic rings. The average molecular weight is 602 g/mol. The number of alkyl halides is 1. The fourth-order valence-corrected chi connectivity index (χ4v) is 8.06. The molecule has 3 fully saturated rings. The third kappa shape index (κ3) is 4.13. The zero-order valence-electron chi connectivity index (χ0n) is 24.9. The van der Waals surface area contributed by atoms with Crippen LogP contribution in [0.3, 0.4) is 0 Å². The van der Waals surface area contributed by atoms with Gasteiger partial charge in [-0.05, 0) is 69.7 Å². The topological polar surface area (TPSA) is 145 Å². The van der Waals surface area contributed by atoms with E-state index >= 15 is 0 Å². The highest BCUT2D eigenvalue weighted by molar-refractivity contribution is 5.68. The van der Waals surface area contributed by atoms with Crippen molar-refractivity contribution in [1.82, 2.24) is 25.3 Å². The molecule has 8 rings (SSSR count). The van der Waals surface area contributed by atoms with Gasteiger partial charge in [-0.3, -0.25) is 4.90 Å². The molecule has 0 saturated carbocycles. The van der Waals surface area contributed by atoms with Gasteiger partial charge in [-0.15, -0.1) is 0 Å². The third-order valence-electron chi connectivity index (χ3n) is 10.5. The summed E-state index contributed by atoms with van der Waals surface area (Å²) >= 11 is 0. The molecule has 0 radical (unpaired) electrons. The number of hydrogen-bond acceptors (Lipinski definition) is 11. The lowest BCUT2D eigenvalue weighted by molar-refractivity contribution is -0.165. The molecule has 2 aromatic heterocycles. The van der Waals surface area contributed by atoms with Crippen molar-refractivity contribution >= 4 is 5.69 Å². The van der Waals surface area contributed by atoms with E-state index in [0.29, 0.717) is 67.3 Å². The number of likely N-dealkylation sites (N-methyl/N-ethyl adjacent to an activating group) is 1. The SMILES string of the molecule is CC(Oc1cc(OC2CNC23COC3)nc(-c2noc3c2CCCC32CCc3ccc(N)c(C#N)c32)n1)C1CC(F)CN1C. The van der Waals surface area contributed by atoms with Gasteiger partial charge in [-0.25, -0.2) is 4.39 Å². The minimum atomic E-state index is -0.880. The van der Waals surface area contributed by atoms with Crippen LogP contribution in [0.1, 0.15) is 60.6 Å². The molecule has 3 aromatic rings. The number of ether oxygens (including phenoxy) is 3. The van der Waals surface area contributed by atoms with Crippen LogP contribution in [0.25, 0.3) is 11.5 Å². The van der Waals surface area contributed by atoms with Gasteiger partial charge < -0.3 is 29.8 Å². The van der Waals surface area contributed by atoms with Crippen molar-refractivity contribution < 1.29 is 23.1 Å². The van der Waals surface area contributed by atoms with Crippen molar-refractivity contribution in [3.8, 4) is 29.3 Å². The highest BCUT2D eigenvalue weighted by atomic mass is 19.1. The van der Waals surface area contributed by atoms with Gasteiger partial charge in [0.2, 0.25) is 11.8 Å². The number of nitrogens with two attached hydrogens (primary N) is 1. The van der Waals surface area contributed by atoms with E-state index < -0.39 is 11.6 Å². The second-order valence-corrected chi connectivity index (χ2v) is 13.1. The zero-order valence-corrected chi connectivity index (χ0v) is 24.9. The second kappa shape index (κ2) is 10.1. The maximum absolute atomic E-state index is 14.2. The Morgan fingerprint density at radius 2 is 2.07 bits per heavy atom. The van der Waals surface area contributed by atoms with Crippen molar-refractivity contribution in [2.45, 2.75) is 80.8 Å². The lowest BCUT2D eigenvalue weighted by atomic mass is 9.68. The highest BCUT2D eigenvalue weighted by Crippen LogP contribution is 2.54. The quantitative estimate of drug-likeness (QED) is 0.402. The molecule has 3 N–H and O–H groups in total. The number of benzene rings is 1. The van der Waals surface area contributed by atoms with Gasteiger partial charge in [0.25, 0.3) is 0 Å². The number of aromatic nitrogens is 3. The zero-order chi connectivity index (χ0) is 30.2. The van der Waals surface area contributed by atoms with E-state index in [1.165, 1.54) is 0 Å². The summed E-state index contributed by atoms with van der Waals surface area (Å²) in [6.07, 6.45) is 3.26. The molecule has 0 bridgehead atoms. The molecule has 3 saturated heterocycles. The third-order valence-corrected chi connectivity index (χ3v) is 10.5. The van der Waals surface area contributed by atoms with Crippen LogP contribution in [-0.4, -0.2) is 83.3 Å². The molecule has 11 nitrogen and oxygen atoms in total. The predicted molar refractivity (Wildman–Crippen MR) is 157 cm³/mol. The van der Waals surface area contributed by atoms with Gasteiger partial charge in [0, 0.05) is 30.4 Å². The molecule has 5 heterocycles. The summed E-state index contributed by atoms with van der Waals surface area (Å²) in [4.78, 5) is 11.6. The lowest BCUT2D eigenvalue weighted by Gasteiger charge is -2.54. The van der Waals surface area contributed by atoms with Crippen LogP contribution in [0.2, 0.25) is 0 Å². The fraction of sp³-hybridized carbons (Fsp3) is 0.562. The Balaban J connectivity index is 1.18. The van der Waals surface area contributed by atoms with Gasteiger partial charge in [0.1, 0.15) is 30.0 Å². The lowest BCUT2D eigenvalue weighted by Crippen LogP contribution is -2.79. The fourth-order valence-electron chi connectivity index (χ4n) is 8.06. The number of anilines is 1. The number of nitrogens with zero attached hydrogens (tertiary/aromatic N) is 5. The van der Waals surface area contributed by atoms with Crippen molar-refractivity contribution in [1.29, 1.82) is 5.26 Å². The summed E-state index contributed by atoms with van der Waals surface area (Å²) in [6, 6.07) is 7.83. The first-order chi connectivity index (χ1) is 21.3. The molecule has 0 amide bonds. The van der Waals surface area contributed by atoms with Gasteiger partial charge in [0.15, 0.2) is 17.3 Å². The van der Waals surface area contributed by atoms with Crippen LogP contribution < -0.4 is 20.5 Å². The summed E-state index contributed by atoms with van der Waals surface area (Å²) < 4.78 is 38.6. The summed E-state index contributed by atoms with van der Waals surface area (Å²) in [5.41, 5.74) is 10.2. The Hall–Kier alpha value is -3.79. The minimum absolute atomic E-state index is 0.0807. The van der Waals surface area contributed by atoms with Crippen molar-refractivity contribution in [3.63, 3.8) is 0 Å². The Labute approximate surface area is 254 Å². The number of likely N-dealkylation sites (tertiary alicyclic amines) is 1. The molecule has 2 aliphatic carbocycles. The maximum atomic E-state index is 14.2. The largest absolute Gasteiger partial charge is 0.473 e. The Morgan fingerprint density at radius 1 is 1.23 bits per heavy atom. The van der Waals surface area contributed by atoms with Crippen molar-refractivity contribution in [2.75, 3.05) is 39.1 Å². The monoisotopic (exact) mass is 601 g/mol. The number of halogens is 1. The van der Waals surface area contributed by atoms with E-state index in [1.807, 2.05) is 31.0 Å². The first kappa shape index (κ1) is 27.7. The van der Waals surface area contributed by atoms with E-state index in [4.69, 9.17) is 34.4 Å². The summed E-state index contributed by atoms with van der Waals surface area (Å²) in [5, 5.41) is 18.0. The number of nitrogens with one attached hydrogen (secondary N) is 1. The Bertz CT molecular complexity index is 1660. The van der Waals surface area contributed by atoms with Crippen LogP contribution >= 0.6 is 0 Å². The average Bonchev–Trinajstić information content (AvgIpc) is 3.66. The molecule has 3 aliphatic heterocycles. The first-order valence-corrected chi connectivity index (χ1v) is 15.5. The molecule has 5 atom stereocenters. The summed E-state index contributed by atoms with van der Waals surface area (Å²) in [5.74, 6) is 1.84. The summed E-state index contributed by atoms with van der Waals surface area (Å²) in [7, 11) is 1.91. The van der Waals surface area contributed by atoms with E-state index in [1.54, 1.807) is 6.07 Å². The van der Waals surface area contributed by atoms with Crippen molar-refractivity contribution in [3.05, 3.63) is 46.2 Å². The van der Waals surface area contributed by atoms with Gasteiger partial charge in [-0.2, -0.15) is 15.2 Å². The Kier molecular flexibility index (Phi) is 6.38. The van der Waals surface area contributed by atoms with Crippen LogP contribution in [0.5, 0.6) is 11.8 Å². The minimum Gasteiger partial charge on any atom is -0.473 e. The molecular weight excluding hydrogens is 565 g/mol. The molecule has 44 heavy (non-hydrogen) atoms. The molecule has 12 heteroatoms. The maximum Gasteiger partial charge on any atom is 0.221 e. The normalized spacial score (nSPS) is 29.0. The van der Waals surface area contributed by atoms with Crippen LogP contribution in [0, 0.1) is 11.3 Å². The second-order valence-electron chi connectivity index (χ2n) is 13.1. The number of fused-ring (bicyclic) bond motifs is 4. The molecule has 1 aromatic carbocycles. The van der Waals surface area contributed by atoms with Crippen molar-refractivity contribution in [2.24, 2.45) is 0 Å². The van der Waals surface area contributed by atoms with Gasteiger partial charge in [0.05, 0.1) is 30.3 Å². The number of nitriles is 1.